The van der Waals surface area contributed by atoms with Crippen molar-refractivity contribution in [2.24, 2.45) is 10.5 Å². The van der Waals surface area contributed by atoms with E-state index >= 15 is 0 Å². The lowest BCUT2D eigenvalue weighted by Gasteiger charge is -2.34. The molecule has 0 saturated heterocycles. The topological polar surface area (TPSA) is 32.7 Å². The third-order valence-corrected chi connectivity index (χ3v) is 3.71. The van der Waals surface area contributed by atoms with E-state index in [1.54, 1.807) is 0 Å². The summed E-state index contributed by atoms with van der Waals surface area (Å²) in [5.74, 6) is 0.0355. The van der Waals surface area contributed by atoms with Crippen molar-refractivity contribution in [3.05, 3.63) is 66.2 Å². The first-order chi connectivity index (χ1) is 10.1. The molecule has 1 aliphatic heterocycles. The van der Waals surface area contributed by atoms with E-state index in [0.29, 0.717) is 6.42 Å². The van der Waals surface area contributed by atoms with Crippen LogP contribution in [0.1, 0.15) is 25.8 Å². The Balaban J connectivity index is 2.07. The lowest BCUT2D eigenvalue weighted by atomic mass is 9.82. The molecule has 3 rings (SSSR count). The molecule has 1 heterocycles. The van der Waals surface area contributed by atoms with Crippen LogP contribution in [0.2, 0.25) is 0 Å². The summed E-state index contributed by atoms with van der Waals surface area (Å²) in [4.78, 5) is 12.6. The van der Waals surface area contributed by atoms with Crippen LogP contribution in [0.15, 0.2) is 65.8 Å². The molecule has 0 unspecified atom stereocenters. The van der Waals surface area contributed by atoms with Crippen LogP contribution < -0.4 is 5.01 Å². The molecule has 2 aromatic carbocycles. The molecule has 0 bridgehead atoms. The van der Waals surface area contributed by atoms with Gasteiger partial charge in [-0.05, 0) is 17.7 Å². The van der Waals surface area contributed by atoms with Gasteiger partial charge in [-0.3, -0.25) is 4.79 Å². The van der Waals surface area contributed by atoms with Crippen molar-refractivity contribution in [1.82, 2.24) is 0 Å². The Bertz CT molecular complexity index is 675. The second-order valence-electron chi connectivity index (χ2n) is 5.93. The number of hydrazone groups is 1. The average Bonchev–Trinajstić information content (AvgIpc) is 2.51. The molecule has 0 atom stereocenters. The molecule has 21 heavy (non-hydrogen) atoms. The van der Waals surface area contributed by atoms with Crippen LogP contribution in [-0.2, 0) is 4.79 Å². The quantitative estimate of drug-likeness (QED) is 0.821. The van der Waals surface area contributed by atoms with E-state index in [9.17, 15) is 4.79 Å². The Morgan fingerprint density at radius 3 is 2.14 bits per heavy atom. The van der Waals surface area contributed by atoms with Gasteiger partial charge in [0, 0.05) is 6.42 Å². The smallest absolute Gasteiger partial charge is 0.253 e. The van der Waals surface area contributed by atoms with Crippen molar-refractivity contribution in [3.63, 3.8) is 0 Å². The zero-order chi connectivity index (χ0) is 14.9. The highest BCUT2D eigenvalue weighted by Crippen LogP contribution is 2.33. The van der Waals surface area contributed by atoms with Crippen LogP contribution in [0.4, 0.5) is 5.69 Å². The maximum absolute atomic E-state index is 12.6. The highest BCUT2D eigenvalue weighted by Gasteiger charge is 2.38. The van der Waals surface area contributed by atoms with Gasteiger partial charge in [0.15, 0.2) is 0 Å². The molecule has 0 spiro atoms. The number of amides is 1. The van der Waals surface area contributed by atoms with Gasteiger partial charge in [-0.15, -0.1) is 0 Å². The van der Waals surface area contributed by atoms with Crippen LogP contribution in [0.3, 0.4) is 0 Å². The fourth-order valence-corrected chi connectivity index (χ4v) is 2.52. The second-order valence-corrected chi connectivity index (χ2v) is 5.93. The SMILES string of the molecule is CC1(C)CC(c2ccccc2)=NN(c2ccccc2)C1=O. The second kappa shape index (κ2) is 5.17. The minimum atomic E-state index is -0.456. The van der Waals surface area contributed by atoms with Gasteiger partial charge in [-0.25, -0.2) is 5.01 Å². The molecule has 3 nitrogen and oxygen atoms in total. The van der Waals surface area contributed by atoms with E-state index in [-0.39, 0.29) is 5.91 Å². The van der Waals surface area contributed by atoms with Gasteiger partial charge in [-0.1, -0.05) is 62.4 Å². The van der Waals surface area contributed by atoms with E-state index in [1.165, 1.54) is 5.01 Å². The first kappa shape index (κ1) is 13.6. The van der Waals surface area contributed by atoms with Crippen molar-refractivity contribution in [2.45, 2.75) is 20.3 Å². The summed E-state index contributed by atoms with van der Waals surface area (Å²) in [5.41, 5.74) is 2.37. The van der Waals surface area contributed by atoms with Crippen LogP contribution in [0.5, 0.6) is 0 Å². The van der Waals surface area contributed by atoms with Crippen molar-refractivity contribution in [3.8, 4) is 0 Å². The van der Waals surface area contributed by atoms with E-state index in [1.807, 2.05) is 74.5 Å². The molecule has 0 radical (unpaired) electrons. The molecule has 0 aliphatic carbocycles. The number of para-hydroxylation sites is 1. The molecule has 106 valence electrons. The normalized spacial score (nSPS) is 17.5. The summed E-state index contributed by atoms with van der Waals surface area (Å²) < 4.78 is 0. The predicted octanol–water partition coefficient (Wildman–Crippen LogP) is 3.85. The van der Waals surface area contributed by atoms with Crippen LogP contribution >= 0.6 is 0 Å². The van der Waals surface area contributed by atoms with E-state index in [0.717, 1.165) is 17.0 Å². The third kappa shape index (κ3) is 2.59. The summed E-state index contributed by atoms with van der Waals surface area (Å²) >= 11 is 0. The fraction of sp³-hybridized carbons (Fsp3) is 0.222. The van der Waals surface area contributed by atoms with Gasteiger partial charge in [0.05, 0.1) is 16.8 Å². The number of rotatable bonds is 2. The Morgan fingerprint density at radius 2 is 1.52 bits per heavy atom. The molecular formula is C18H18N2O. The van der Waals surface area contributed by atoms with Crippen molar-refractivity contribution < 1.29 is 4.79 Å². The molecule has 3 heteroatoms. The summed E-state index contributed by atoms with van der Waals surface area (Å²) in [6.07, 6.45) is 0.652. The van der Waals surface area contributed by atoms with E-state index in [2.05, 4.69) is 5.10 Å². The van der Waals surface area contributed by atoms with Gasteiger partial charge >= 0.3 is 0 Å². The Morgan fingerprint density at radius 1 is 0.952 bits per heavy atom. The number of benzene rings is 2. The maximum atomic E-state index is 12.6. The number of hydrogen-bond donors (Lipinski definition) is 0. The van der Waals surface area contributed by atoms with Crippen molar-refractivity contribution in [1.29, 1.82) is 0 Å². The van der Waals surface area contributed by atoms with Gasteiger partial charge in [0.2, 0.25) is 0 Å². The highest BCUT2D eigenvalue weighted by molar-refractivity contribution is 6.10. The number of hydrogen-bond acceptors (Lipinski definition) is 2. The van der Waals surface area contributed by atoms with Gasteiger partial charge in [-0.2, -0.15) is 5.10 Å². The number of carbonyl (C=O) groups excluding carboxylic acids is 1. The summed E-state index contributed by atoms with van der Waals surface area (Å²) in [5, 5.41) is 6.13. The standard InChI is InChI=1S/C18H18N2O/c1-18(2)13-16(14-9-5-3-6-10-14)19-20(17(18)21)15-11-7-4-8-12-15/h3-12H,13H2,1-2H3. The van der Waals surface area contributed by atoms with Crippen molar-refractivity contribution in [2.75, 3.05) is 5.01 Å². The summed E-state index contributed by atoms with van der Waals surface area (Å²) in [7, 11) is 0. The van der Waals surface area contributed by atoms with Crippen LogP contribution in [0, 0.1) is 5.41 Å². The average molecular weight is 278 g/mol. The molecule has 0 aromatic heterocycles. The zero-order valence-corrected chi connectivity index (χ0v) is 12.3. The zero-order valence-electron chi connectivity index (χ0n) is 12.3. The van der Waals surface area contributed by atoms with Gasteiger partial charge < -0.3 is 0 Å². The molecule has 0 fully saturated rings. The number of nitrogens with zero attached hydrogens (tertiary/aromatic N) is 2. The van der Waals surface area contributed by atoms with E-state index < -0.39 is 5.41 Å². The fourth-order valence-electron chi connectivity index (χ4n) is 2.52. The monoisotopic (exact) mass is 278 g/mol. The highest BCUT2D eigenvalue weighted by atomic mass is 16.2. The van der Waals surface area contributed by atoms with Crippen LogP contribution in [0.25, 0.3) is 0 Å². The summed E-state index contributed by atoms with van der Waals surface area (Å²) in [6.45, 7) is 3.95. The molecular weight excluding hydrogens is 260 g/mol. The first-order valence-electron chi connectivity index (χ1n) is 7.10. The summed E-state index contributed by atoms with van der Waals surface area (Å²) in [6, 6.07) is 19.6. The lowest BCUT2D eigenvalue weighted by Crippen LogP contribution is -2.44. The minimum Gasteiger partial charge on any atom is -0.272 e. The number of anilines is 1. The molecule has 2 aromatic rings. The molecule has 0 saturated carbocycles. The van der Waals surface area contributed by atoms with E-state index in [4.69, 9.17) is 0 Å². The third-order valence-electron chi connectivity index (χ3n) is 3.71. The first-order valence-corrected chi connectivity index (χ1v) is 7.10. The number of carbonyl (C=O) groups is 1. The molecule has 0 N–H and O–H groups in total. The van der Waals surface area contributed by atoms with Crippen molar-refractivity contribution >= 4 is 17.3 Å². The van der Waals surface area contributed by atoms with Gasteiger partial charge in [0.1, 0.15) is 0 Å². The van der Waals surface area contributed by atoms with Gasteiger partial charge in [0.25, 0.3) is 5.91 Å². The Kier molecular flexibility index (Phi) is 3.34. The molecule has 1 amide bonds. The van der Waals surface area contributed by atoms with Crippen LogP contribution in [-0.4, -0.2) is 11.6 Å². The lowest BCUT2D eigenvalue weighted by molar-refractivity contribution is -0.126. The Hall–Kier alpha value is -2.42. The Labute approximate surface area is 124 Å². The molecule has 1 aliphatic rings. The predicted molar refractivity (Wildman–Crippen MR) is 85.3 cm³/mol. The largest absolute Gasteiger partial charge is 0.272 e. The maximum Gasteiger partial charge on any atom is 0.253 e. The minimum absolute atomic E-state index is 0.0355.